The van der Waals surface area contributed by atoms with E-state index in [2.05, 4.69) is 26.1 Å². The highest BCUT2D eigenvalue weighted by atomic mass is 16.5. The Morgan fingerprint density at radius 2 is 1.84 bits per heavy atom. The zero-order valence-corrected chi connectivity index (χ0v) is 18.8. The van der Waals surface area contributed by atoms with Crippen LogP contribution in [-0.2, 0) is 16.8 Å². The molecule has 1 aromatic heterocycles. The second-order valence-electron chi connectivity index (χ2n) is 9.07. The van der Waals surface area contributed by atoms with Crippen LogP contribution in [0.25, 0.3) is 0 Å². The molecule has 3 aromatic rings. The van der Waals surface area contributed by atoms with Crippen molar-refractivity contribution < 1.29 is 18.7 Å². The van der Waals surface area contributed by atoms with Crippen molar-refractivity contribution in [3.63, 3.8) is 0 Å². The fourth-order valence-electron chi connectivity index (χ4n) is 3.68. The van der Waals surface area contributed by atoms with Gasteiger partial charge in [0.1, 0.15) is 11.5 Å². The monoisotopic (exact) mass is 432 g/mol. The quantitative estimate of drug-likeness (QED) is 0.616. The molecule has 32 heavy (non-hydrogen) atoms. The molecule has 1 unspecified atom stereocenters. The minimum atomic E-state index is -0.295. The highest BCUT2D eigenvalue weighted by Crippen LogP contribution is 2.37. The number of carbonyl (C=O) groups is 2. The first-order valence-electron chi connectivity index (χ1n) is 10.7. The first-order valence-corrected chi connectivity index (χ1v) is 10.7. The van der Waals surface area contributed by atoms with Gasteiger partial charge >= 0.3 is 0 Å². The summed E-state index contributed by atoms with van der Waals surface area (Å²) in [5.74, 6) is 0.968. The molecule has 1 atom stereocenters. The summed E-state index contributed by atoms with van der Waals surface area (Å²) in [4.78, 5) is 26.9. The number of fused-ring (bicyclic) bond motifs is 1. The minimum absolute atomic E-state index is 0.0233. The maximum Gasteiger partial charge on any atom is 0.287 e. The standard InChI is InChI=1S/C26H28N2O4/c1-17(18-8-6-5-7-9-18)27-25(30)23-13-11-20(32-23)15-28-21-14-19(26(2,3)4)10-12-22(21)31-16-24(28)29/h5-14,17H,15-16H2,1-4H3,(H,27,30). The van der Waals surface area contributed by atoms with E-state index < -0.39 is 0 Å². The van der Waals surface area contributed by atoms with Gasteiger partial charge in [-0.2, -0.15) is 0 Å². The molecule has 6 heteroatoms. The number of benzene rings is 2. The van der Waals surface area contributed by atoms with Crippen molar-refractivity contribution in [1.82, 2.24) is 5.32 Å². The van der Waals surface area contributed by atoms with Crippen LogP contribution in [0.5, 0.6) is 5.75 Å². The van der Waals surface area contributed by atoms with E-state index >= 15 is 0 Å². The van der Waals surface area contributed by atoms with Crippen molar-refractivity contribution in [1.29, 1.82) is 0 Å². The smallest absolute Gasteiger partial charge is 0.287 e. The molecule has 4 rings (SSSR count). The molecule has 2 heterocycles. The van der Waals surface area contributed by atoms with Gasteiger partial charge < -0.3 is 14.5 Å². The Morgan fingerprint density at radius 1 is 1.09 bits per heavy atom. The van der Waals surface area contributed by atoms with E-state index in [1.807, 2.05) is 55.5 Å². The number of anilines is 1. The highest BCUT2D eigenvalue weighted by Gasteiger charge is 2.28. The van der Waals surface area contributed by atoms with Crippen LogP contribution >= 0.6 is 0 Å². The number of furan rings is 1. The summed E-state index contributed by atoms with van der Waals surface area (Å²) in [6.07, 6.45) is 0. The lowest BCUT2D eigenvalue weighted by molar-refractivity contribution is -0.121. The Hall–Kier alpha value is -3.54. The largest absolute Gasteiger partial charge is 0.482 e. The zero-order valence-electron chi connectivity index (χ0n) is 18.8. The summed E-state index contributed by atoms with van der Waals surface area (Å²) in [6, 6.07) is 18.9. The Balaban J connectivity index is 1.51. The van der Waals surface area contributed by atoms with Crippen molar-refractivity contribution >= 4 is 17.5 Å². The number of amides is 2. The first kappa shape index (κ1) is 21.7. The van der Waals surface area contributed by atoms with E-state index in [4.69, 9.17) is 9.15 Å². The molecule has 0 saturated heterocycles. The van der Waals surface area contributed by atoms with E-state index in [0.717, 1.165) is 11.1 Å². The molecule has 0 bridgehead atoms. The third-order valence-electron chi connectivity index (χ3n) is 5.61. The Bertz CT molecular complexity index is 1130. The van der Waals surface area contributed by atoms with Gasteiger partial charge in [-0.15, -0.1) is 0 Å². The molecule has 1 aliphatic heterocycles. The summed E-state index contributed by atoms with van der Waals surface area (Å²) in [5.41, 5.74) is 2.77. The van der Waals surface area contributed by atoms with E-state index in [0.29, 0.717) is 17.2 Å². The van der Waals surface area contributed by atoms with Gasteiger partial charge in [-0.1, -0.05) is 57.2 Å². The Morgan fingerprint density at radius 3 is 2.56 bits per heavy atom. The molecular formula is C26H28N2O4. The van der Waals surface area contributed by atoms with Crippen LogP contribution in [-0.4, -0.2) is 18.4 Å². The second-order valence-corrected chi connectivity index (χ2v) is 9.07. The fraction of sp³-hybridized carbons (Fsp3) is 0.308. The summed E-state index contributed by atoms with van der Waals surface area (Å²) in [6.45, 7) is 8.50. The molecule has 0 radical (unpaired) electrons. The number of rotatable bonds is 5. The van der Waals surface area contributed by atoms with Gasteiger partial charge in [-0.3, -0.25) is 14.5 Å². The number of hydrogen-bond acceptors (Lipinski definition) is 4. The van der Waals surface area contributed by atoms with E-state index in [9.17, 15) is 9.59 Å². The normalized spacial score (nSPS) is 14.5. The van der Waals surface area contributed by atoms with Gasteiger partial charge in [-0.05, 0) is 47.7 Å². The molecule has 1 aliphatic rings. The predicted octanol–water partition coefficient (Wildman–Crippen LogP) is 4.99. The number of nitrogens with zero attached hydrogens (tertiary/aromatic N) is 1. The lowest BCUT2D eigenvalue weighted by Crippen LogP contribution is -2.38. The number of hydrogen-bond donors (Lipinski definition) is 1. The van der Waals surface area contributed by atoms with Crippen LogP contribution in [0.15, 0.2) is 65.1 Å². The average Bonchev–Trinajstić information content (AvgIpc) is 3.24. The van der Waals surface area contributed by atoms with Crippen molar-refractivity contribution in [3.8, 4) is 5.75 Å². The third-order valence-corrected chi connectivity index (χ3v) is 5.61. The summed E-state index contributed by atoms with van der Waals surface area (Å²) < 4.78 is 11.4. The average molecular weight is 433 g/mol. The van der Waals surface area contributed by atoms with Crippen molar-refractivity contribution in [2.24, 2.45) is 0 Å². The fourth-order valence-corrected chi connectivity index (χ4v) is 3.68. The number of ether oxygens (including phenoxy) is 1. The molecular weight excluding hydrogens is 404 g/mol. The first-order chi connectivity index (χ1) is 15.2. The topological polar surface area (TPSA) is 71.8 Å². The zero-order chi connectivity index (χ0) is 22.9. The van der Waals surface area contributed by atoms with Crippen LogP contribution in [0.4, 0.5) is 5.69 Å². The van der Waals surface area contributed by atoms with Crippen molar-refractivity contribution in [2.45, 2.75) is 45.7 Å². The van der Waals surface area contributed by atoms with Crippen LogP contribution in [0.3, 0.4) is 0 Å². The molecule has 0 fully saturated rings. The summed E-state index contributed by atoms with van der Waals surface area (Å²) in [5, 5.41) is 2.94. The Kier molecular flexibility index (Phi) is 5.78. The molecule has 2 amide bonds. The van der Waals surface area contributed by atoms with Gasteiger partial charge in [-0.25, -0.2) is 0 Å². The van der Waals surface area contributed by atoms with Crippen LogP contribution in [0.1, 0.15) is 61.2 Å². The maximum absolute atomic E-state index is 12.6. The molecule has 166 valence electrons. The van der Waals surface area contributed by atoms with Gasteiger partial charge in [0.2, 0.25) is 0 Å². The molecule has 6 nitrogen and oxygen atoms in total. The van der Waals surface area contributed by atoms with Crippen LogP contribution in [0.2, 0.25) is 0 Å². The minimum Gasteiger partial charge on any atom is -0.482 e. The number of carbonyl (C=O) groups excluding carboxylic acids is 2. The van der Waals surface area contributed by atoms with Gasteiger partial charge in [0, 0.05) is 0 Å². The SMILES string of the molecule is CC(NC(=O)c1ccc(CN2C(=O)COc3ccc(C(C)(C)C)cc32)o1)c1ccccc1. The summed E-state index contributed by atoms with van der Waals surface area (Å²) >= 11 is 0. The van der Waals surface area contributed by atoms with Gasteiger partial charge in [0.05, 0.1) is 18.3 Å². The molecule has 1 N–H and O–H groups in total. The summed E-state index contributed by atoms with van der Waals surface area (Å²) in [7, 11) is 0. The highest BCUT2D eigenvalue weighted by molar-refractivity contribution is 5.98. The lowest BCUT2D eigenvalue weighted by atomic mass is 9.86. The lowest BCUT2D eigenvalue weighted by Gasteiger charge is -2.31. The predicted molar refractivity (Wildman–Crippen MR) is 123 cm³/mol. The van der Waals surface area contributed by atoms with Crippen molar-refractivity contribution in [2.75, 3.05) is 11.5 Å². The molecule has 2 aromatic carbocycles. The Labute approximate surface area is 188 Å². The molecule has 0 saturated carbocycles. The van der Waals surface area contributed by atoms with Crippen molar-refractivity contribution in [3.05, 3.63) is 83.3 Å². The third kappa shape index (κ3) is 4.54. The van der Waals surface area contributed by atoms with Crippen LogP contribution in [0, 0.1) is 0 Å². The van der Waals surface area contributed by atoms with Gasteiger partial charge in [0.15, 0.2) is 12.4 Å². The van der Waals surface area contributed by atoms with E-state index in [-0.39, 0.29) is 42.2 Å². The van der Waals surface area contributed by atoms with Crippen LogP contribution < -0.4 is 15.0 Å². The molecule has 0 aliphatic carbocycles. The maximum atomic E-state index is 12.6. The number of nitrogens with one attached hydrogen (secondary N) is 1. The van der Waals surface area contributed by atoms with E-state index in [1.165, 1.54) is 0 Å². The van der Waals surface area contributed by atoms with Gasteiger partial charge in [0.25, 0.3) is 11.8 Å². The van der Waals surface area contributed by atoms with E-state index in [1.54, 1.807) is 17.0 Å². The molecule has 0 spiro atoms. The second kappa shape index (κ2) is 8.54.